The van der Waals surface area contributed by atoms with Crippen molar-refractivity contribution in [3.8, 4) is 0 Å². The Morgan fingerprint density at radius 1 is 1.11 bits per heavy atom. The van der Waals surface area contributed by atoms with Crippen LogP contribution in [0.15, 0.2) is 58.9 Å². The van der Waals surface area contributed by atoms with Crippen LogP contribution in [0.4, 0.5) is 0 Å². The summed E-state index contributed by atoms with van der Waals surface area (Å²) in [5.74, 6) is -2.76. The second-order valence-electron chi connectivity index (χ2n) is 14.4. The number of aliphatic hydroxyl groups excluding tert-OH is 2. The van der Waals surface area contributed by atoms with Gasteiger partial charge in [0.25, 0.3) is 0 Å². The van der Waals surface area contributed by atoms with E-state index in [0.29, 0.717) is 24.3 Å². The molecule has 244 valence electrons. The van der Waals surface area contributed by atoms with Gasteiger partial charge in [-0.1, -0.05) is 63.6 Å². The van der Waals surface area contributed by atoms with E-state index in [2.05, 4.69) is 45.9 Å². The molecule has 0 aromatic heterocycles. The maximum absolute atomic E-state index is 14.0. The Labute approximate surface area is 262 Å². The summed E-state index contributed by atoms with van der Waals surface area (Å²) >= 11 is 0. The first-order chi connectivity index (χ1) is 20.7. The SMILES string of the molecule is CC1=C[C@H]2C(=O)O[C@H]3C[C@@H](C/C=C(\C)C[C@@H](C)/C=C/C=C4\OC[C@H]([C@@H]1O)[C@@]42O)O[C@]1(C3)C[C@H](O)[C@H](C)[C@@H](/C(C)=C/C(C)C)O1. The lowest BCUT2D eigenvalue weighted by Gasteiger charge is -2.51. The highest BCUT2D eigenvalue weighted by molar-refractivity contribution is 5.78. The van der Waals surface area contributed by atoms with Gasteiger partial charge >= 0.3 is 5.97 Å². The fourth-order valence-corrected chi connectivity index (χ4v) is 7.90. The molecule has 0 aromatic rings. The van der Waals surface area contributed by atoms with Crippen LogP contribution in [-0.2, 0) is 23.7 Å². The van der Waals surface area contributed by atoms with Crippen molar-refractivity contribution in [1.82, 2.24) is 0 Å². The second-order valence-corrected chi connectivity index (χ2v) is 14.4. The Kier molecular flexibility index (Phi) is 9.70. The lowest BCUT2D eigenvalue weighted by molar-refractivity contribution is -0.342. The summed E-state index contributed by atoms with van der Waals surface area (Å²) in [5.41, 5.74) is 1.13. The topological polar surface area (TPSA) is 115 Å². The van der Waals surface area contributed by atoms with E-state index < -0.39 is 47.5 Å². The minimum atomic E-state index is -1.74. The van der Waals surface area contributed by atoms with Crippen LogP contribution >= 0.6 is 0 Å². The first kappa shape index (κ1) is 33.1. The molecule has 1 spiro atoms. The molecule has 3 saturated heterocycles. The van der Waals surface area contributed by atoms with Gasteiger partial charge in [-0.3, -0.25) is 4.79 Å². The molecular formula is C36H52O8. The molecule has 0 unspecified atom stereocenters. The van der Waals surface area contributed by atoms with Gasteiger partial charge in [-0.05, 0) is 62.7 Å². The Balaban J connectivity index is 1.52. The van der Waals surface area contributed by atoms with Crippen LogP contribution in [0.25, 0.3) is 0 Å². The average Bonchev–Trinajstić information content (AvgIpc) is 3.27. The first-order valence-electron chi connectivity index (χ1n) is 16.4. The lowest BCUT2D eigenvalue weighted by atomic mass is 9.68. The molecule has 3 fully saturated rings. The number of hydrogen-bond acceptors (Lipinski definition) is 8. The van der Waals surface area contributed by atoms with E-state index in [4.69, 9.17) is 18.9 Å². The number of hydrogen-bond donors (Lipinski definition) is 3. The minimum absolute atomic E-state index is 0.0979. The summed E-state index contributed by atoms with van der Waals surface area (Å²) in [4.78, 5) is 14.0. The molecule has 44 heavy (non-hydrogen) atoms. The van der Waals surface area contributed by atoms with Crippen LogP contribution in [0.1, 0.15) is 80.6 Å². The zero-order valence-corrected chi connectivity index (χ0v) is 27.4. The highest BCUT2D eigenvalue weighted by atomic mass is 16.7. The maximum Gasteiger partial charge on any atom is 0.316 e. The van der Waals surface area contributed by atoms with Crippen LogP contribution in [-0.4, -0.2) is 69.8 Å². The lowest BCUT2D eigenvalue weighted by Crippen LogP contribution is -2.58. The fraction of sp³-hybridized carbons (Fsp3) is 0.694. The van der Waals surface area contributed by atoms with E-state index in [9.17, 15) is 20.1 Å². The number of esters is 1. The molecule has 1 aliphatic carbocycles. The zero-order valence-electron chi connectivity index (χ0n) is 27.4. The summed E-state index contributed by atoms with van der Waals surface area (Å²) in [6, 6.07) is 0. The highest BCUT2D eigenvalue weighted by Gasteiger charge is 2.61. The predicted molar refractivity (Wildman–Crippen MR) is 167 cm³/mol. The number of carbonyl (C=O) groups excluding carboxylic acids is 1. The average molecular weight is 613 g/mol. The van der Waals surface area contributed by atoms with Crippen molar-refractivity contribution in [2.75, 3.05) is 6.61 Å². The number of fused-ring (bicyclic) bond motifs is 2. The molecule has 4 aliphatic heterocycles. The number of carbonyl (C=O) groups is 1. The molecule has 0 amide bonds. The van der Waals surface area contributed by atoms with E-state index in [0.717, 1.165) is 12.0 Å². The third-order valence-corrected chi connectivity index (χ3v) is 10.2. The van der Waals surface area contributed by atoms with Gasteiger partial charge in [0.2, 0.25) is 0 Å². The predicted octanol–water partition coefficient (Wildman–Crippen LogP) is 5.29. The molecular weight excluding hydrogens is 560 g/mol. The van der Waals surface area contributed by atoms with Gasteiger partial charge in [-0.25, -0.2) is 0 Å². The van der Waals surface area contributed by atoms with E-state index in [1.807, 2.05) is 19.9 Å². The van der Waals surface area contributed by atoms with E-state index in [1.165, 1.54) is 5.57 Å². The maximum atomic E-state index is 14.0. The molecule has 5 rings (SSSR count). The van der Waals surface area contributed by atoms with Crippen LogP contribution in [0, 0.1) is 29.6 Å². The van der Waals surface area contributed by atoms with Gasteiger partial charge in [0, 0.05) is 25.2 Å². The van der Waals surface area contributed by atoms with Crippen molar-refractivity contribution in [3.05, 3.63) is 58.9 Å². The van der Waals surface area contributed by atoms with Gasteiger partial charge in [-0.2, -0.15) is 0 Å². The van der Waals surface area contributed by atoms with Crippen molar-refractivity contribution >= 4 is 5.97 Å². The molecule has 11 atom stereocenters. The summed E-state index contributed by atoms with van der Waals surface area (Å²) in [7, 11) is 0. The van der Waals surface area contributed by atoms with E-state index in [-0.39, 0.29) is 49.3 Å². The van der Waals surface area contributed by atoms with Crippen LogP contribution in [0.3, 0.4) is 0 Å². The van der Waals surface area contributed by atoms with Gasteiger partial charge in [0.1, 0.15) is 23.4 Å². The van der Waals surface area contributed by atoms with Gasteiger partial charge in [-0.15, -0.1) is 0 Å². The summed E-state index contributed by atoms with van der Waals surface area (Å²) in [6.45, 7) is 14.4. The molecule has 8 heteroatoms. The Hall–Kier alpha value is -2.23. The van der Waals surface area contributed by atoms with Crippen molar-refractivity contribution in [1.29, 1.82) is 0 Å². The third-order valence-electron chi connectivity index (χ3n) is 10.2. The van der Waals surface area contributed by atoms with Crippen molar-refractivity contribution < 1.29 is 39.1 Å². The standard InChI is InChI=1S/C36H52O8/c1-20(2)13-24(6)33-25(7)30(37)18-35(44-33)17-27-16-26(43-35)12-11-22(4)14-21(3)9-8-10-31-36(40)28(34(39)42-27)15-23(5)32(38)29(36)19-41-31/h8-11,13,15,20-21,25-30,32-33,37-38,40H,12,14,16-19H2,1-7H3/b9-8+,22-11+,24-13+,31-10-/t21-,25-,26+,27-,28-,29+,30-,32+,33+,35-,36+/m0/s1. The monoisotopic (exact) mass is 612 g/mol. The normalized spacial score (nSPS) is 46.6. The third kappa shape index (κ3) is 6.52. The summed E-state index contributed by atoms with van der Waals surface area (Å²) < 4.78 is 25.7. The van der Waals surface area contributed by atoms with Crippen LogP contribution in [0.5, 0.6) is 0 Å². The first-order valence-corrected chi connectivity index (χ1v) is 16.4. The second kappa shape index (κ2) is 12.9. The molecule has 3 N–H and O–H groups in total. The Morgan fingerprint density at radius 2 is 1.86 bits per heavy atom. The molecule has 5 aliphatic rings. The minimum Gasteiger partial charge on any atom is -0.494 e. The largest absolute Gasteiger partial charge is 0.494 e. The van der Waals surface area contributed by atoms with Gasteiger partial charge < -0.3 is 34.3 Å². The number of allylic oxidation sites excluding steroid dienone is 5. The van der Waals surface area contributed by atoms with Crippen molar-refractivity contribution in [2.45, 2.75) is 122 Å². The molecule has 4 heterocycles. The molecule has 2 bridgehead atoms. The van der Waals surface area contributed by atoms with Gasteiger partial charge in [0.15, 0.2) is 5.79 Å². The zero-order chi connectivity index (χ0) is 32.0. The molecule has 8 nitrogen and oxygen atoms in total. The summed E-state index contributed by atoms with van der Waals surface area (Å²) in [6.07, 6.45) is 11.3. The number of ether oxygens (including phenoxy) is 4. The van der Waals surface area contributed by atoms with Crippen LogP contribution < -0.4 is 0 Å². The molecule has 0 saturated carbocycles. The van der Waals surface area contributed by atoms with Crippen molar-refractivity contribution in [2.24, 2.45) is 29.6 Å². The summed E-state index contributed by atoms with van der Waals surface area (Å²) in [5, 5.41) is 34.4. The number of rotatable bonds is 2. The molecule has 0 aromatic carbocycles. The fourth-order valence-electron chi connectivity index (χ4n) is 7.90. The van der Waals surface area contributed by atoms with E-state index in [1.54, 1.807) is 19.1 Å². The molecule has 0 radical (unpaired) electrons. The Morgan fingerprint density at radius 3 is 2.59 bits per heavy atom. The number of aliphatic hydroxyl groups is 3. The highest BCUT2D eigenvalue weighted by Crippen LogP contribution is 2.49. The van der Waals surface area contributed by atoms with Gasteiger partial charge in [0.05, 0.1) is 36.9 Å². The van der Waals surface area contributed by atoms with E-state index >= 15 is 0 Å². The Bertz CT molecular complexity index is 1240. The van der Waals surface area contributed by atoms with Crippen molar-refractivity contribution in [3.63, 3.8) is 0 Å². The van der Waals surface area contributed by atoms with Crippen LogP contribution in [0.2, 0.25) is 0 Å². The smallest absolute Gasteiger partial charge is 0.316 e. The quantitative estimate of drug-likeness (QED) is 0.285.